The van der Waals surface area contributed by atoms with Crippen LogP contribution >= 0.6 is 0 Å². The summed E-state index contributed by atoms with van der Waals surface area (Å²) < 4.78 is 55.3. The van der Waals surface area contributed by atoms with E-state index < -0.39 is 21.7 Å². The number of nitrogens with one attached hydrogen (secondary N) is 1. The van der Waals surface area contributed by atoms with Gasteiger partial charge in [-0.25, -0.2) is 17.2 Å². The highest BCUT2D eigenvalue weighted by atomic mass is 32.2. The van der Waals surface area contributed by atoms with Crippen molar-refractivity contribution in [3.05, 3.63) is 47.8 Å². The third-order valence-electron chi connectivity index (χ3n) is 4.00. The monoisotopic (exact) mass is 383 g/mol. The van der Waals surface area contributed by atoms with Gasteiger partial charge in [-0.2, -0.15) is 0 Å². The molecule has 6 nitrogen and oxygen atoms in total. The summed E-state index contributed by atoms with van der Waals surface area (Å²) in [4.78, 5) is 14.1. The Bertz CT molecular complexity index is 934. The minimum atomic E-state index is -4.08. The Morgan fingerprint density at radius 3 is 2.38 bits per heavy atom. The molecule has 0 bridgehead atoms. The van der Waals surface area contributed by atoms with Crippen LogP contribution in [0.5, 0.6) is 0 Å². The van der Waals surface area contributed by atoms with Crippen LogP contribution in [0.15, 0.2) is 35.4 Å². The largest absolute Gasteiger partial charge is 0.340 e. The number of halogens is 2. The lowest BCUT2D eigenvalue weighted by Crippen LogP contribution is -2.41. The van der Waals surface area contributed by atoms with E-state index >= 15 is 0 Å². The normalized spacial score (nSPS) is 14.7. The van der Waals surface area contributed by atoms with Crippen molar-refractivity contribution in [2.45, 2.75) is 25.3 Å². The van der Waals surface area contributed by atoms with Crippen molar-refractivity contribution >= 4 is 21.6 Å². The highest BCUT2D eigenvalue weighted by molar-refractivity contribution is 7.92. The van der Waals surface area contributed by atoms with Crippen molar-refractivity contribution in [1.82, 2.24) is 9.47 Å². The van der Waals surface area contributed by atoms with E-state index in [0.717, 1.165) is 12.1 Å². The smallest absolute Gasteiger partial charge is 0.270 e. The molecule has 9 heteroatoms. The molecule has 1 amide bonds. The lowest BCUT2D eigenvalue weighted by atomic mass is 10.2. The van der Waals surface area contributed by atoms with Crippen LogP contribution in [0, 0.1) is 17.6 Å². The Labute approximate surface area is 150 Å². The van der Waals surface area contributed by atoms with E-state index in [-0.39, 0.29) is 22.2 Å². The van der Waals surface area contributed by atoms with E-state index in [2.05, 4.69) is 4.72 Å². The highest BCUT2D eigenvalue weighted by Crippen LogP contribution is 2.23. The number of anilines is 1. The van der Waals surface area contributed by atoms with Crippen LogP contribution in [0.4, 0.5) is 14.5 Å². The van der Waals surface area contributed by atoms with Gasteiger partial charge in [0, 0.05) is 31.9 Å². The van der Waals surface area contributed by atoms with Crippen LogP contribution in [0.3, 0.4) is 0 Å². The molecule has 3 rings (SSSR count). The second kappa shape index (κ2) is 6.71. The molecule has 0 saturated carbocycles. The summed E-state index contributed by atoms with van der Waals surface area (Å²) in [6.45, 7) is 5.57. The molecule has 0 unspecified atom stereocenters. The van der Waals surface area contributed by atoms with E-state index in [1.54, 1.807) is 9.47 Å². The summed E-state index contributed by atoms with van der Waals surface area (Å²) >= 11 is 0. The van der Waals surface area contributed by atoms with Gasteiger partial charge in [0.05, 0.1) is 5.69 Å². The van der Waals surface area contributed by atoms with E-state index in [1.807, 2.05) is 13.8 Å². The maximum absolute atomic E-state index is 13.3. The first-order valence-corrected chi connectivity index (χ1v) is 9.62. The van der Waals surface area contributed by atoms with Gasteiger partial charge >= 0.3 is 0 Å². The third-order valence-corrected chi connectivity index (χ3v) is 5.35. The minimum Gasteiger partial charge on any atom is -0.340 e. The number of sulfonamides is 1. The molecular formula is C17H19F2N3O3S. The van der Waals surface area contributed by atoms with E-state index in [4.69, 9.17) is 0 Å². The molecule has 1 N–H and O–H groups in total. The predicted molar refractivity (Wildman–Crippen MR) is 92.3 cm³/mol. The summed E-state index contributed by atoms with van der Waals surface area (Å²) in [5.41, 5.74) is 0.0575. The van der Waals surface area contributed by atoms with Gasteiger partial charge in [-0.3, -0.25) is 9.52 Å². The maximum Gasteiger partial charge on any atom is 0.270 e. The van der Waals surface area contributed by atoms with Gasteiger partial charge in [0.2, 0.25) is 0 Å². The number of carbonyl (C=O) groups excluding carboxylic acids is 1. The lowest BCUT2D eigenvalue weighted by Gasteiger charge is -2.29. The Morgan fingerprint density at radius 1 is 1.12 bits per heavy atom. The Balaban J connectivity index is 1.88. The number of aromatic nitrogens is 1. The summed E-state index contributed by atoms with van der Waals surface area (Å²) in [7, 11) is -4.08. The average Bonchev–Trinajstić information content (AvgIpc) is 2.94. The Kier molecular flexibility index (Phi) is 4.74. The summed E-state index contributed by atoms with van der Waals surface area (Å²) in [5, 5.41) is 0. The van der Waals surface area contributed by atoms with Crippen LogP contribution in [0.25, 0.3) is 0 Å². The van der Waals surface area contributed by atoms with Gasteiger partial charge in [0.15, 0.2) is 0 Å². The first-order valence-electron chi connectivity index (χ1n) is 8.14. The zero-order chi connectivity index (χ0) is 19.1. The molecule has 1 aromatic carbocycles. The summed E-state index contributed by atoms with van der Waals surface area (Å²) in [6, 6.07) is 3.70. The molecule has 26 heavy (non-hydrogen) atoms. The number of hydrogen-bond donors (Lipinski definition) is 1. The van der Waals surface area contributed by atoms with Crippen molar-refractivity contribution in [1.29, 1.82) is 0 Å². The first kappa shape index (κ1) is 18.4. The topological polar surface area (TPSA) is 71.4 Å². The van der Waals surface area contributed by atoms with Crippen molar-refractivity contribution in [2.75, 3.05) is 17.8 Å². The van der Waals surface area contributed by atoms with Gasteiger partial charge < -0.3 is 9.47 Å². The second-order valence-electron chi connectivity index (χ2n) is 6.66. The zero-order valence-electron chi connectivity index (χ0n) is 14.4. The number of hydrogen-bond acceptors (Lipinski definition) is 3. The molecule has 0 fully saturated rings. The second-order valence-corrected chi connectivity index (χ2v) is 8.35. The molecule has 1 aliphatic heterocycles. The van der Waals surface area contributed by atoms with Gasteiger partial charge in [0.1, 0.15) is 22.2 Å². The van der Waals surface area contributed by atoms with Crippen LogP contribution in [0.2, 0.25) is 0 Å². The van der Waals surface area contributed by atoms with Crippen molar-refractivity contribution in [3.8, 4) is 0 Å². The molecule has 0 aliphatic carbocycles. The standard InChI is InChI=1S/C17H19F2N3O3S/c1-11(2)9-22-4-3-21-10-15(8-16(21)17(22)23)26(24,25)20-14-6-12(18)5-13(19)7-14/h5-8,10-11,20H,3-4,9H2,1-2H3. The minimum absolute atomic E-state index is 0.128. The Hall–Kier alpha value is -2.42. The SMILES string of the molecule is CC(C)CN1CCn2cc(S(=O)(=O)Nc3cc(F)cc(F)c3)cc2C1=O. The molecule has 1 aromatic heterocycles. The summed E-state index contributed by atoms with van der Waals surface area (Å²) in [6.07, 6.45) is 1.36. The quantitative estimate of drug-likeness (QED) is 0.863. The average molecular weight is 383 g/mol. The van der Waals surface area contributed by atoms with Crippen molar-refractivity contribution in [2.24, 2.45) is 5.92 Å². The number of rotatable bonds is 5. The lowest BCUT2D eigenvalue weighted by molar-refractivity contribution is 0.0683. The number of carbonyl (C=O) groups is 1. The van der Waals surface area contributed by atoms with Crippen molar-refractivity contribution in [3.63, 3.8) is 0 Å². The van der Waals surface area contributed by atoms with Crippen LogP contribution in [-0.4, -0.2) is 36.9 Å². The fourth-order valence-electron chi connectivity index (χ4n) is 2.93. The Morgan fingerprint density at radius 2 is 1.77 bits per heavy atom. The summed E-state index contributed by atoms with van der Waals surface area (Å²) in [5.74, 6) is -1.71. The number of benzene rings is 1. The number of nitrogens with zero attached hydrogens (tertiary/aromatic N) is 2. The van der Waals surface area contributed by atoms with Gasteiger partial charge in [-0.05, 0) is 24.1 Å². The molecule has 0 spiro atoms. The molecule has 140 valence electrons. The molecule has 0 saturated heterocycles. The maximum atomic E-state index is 13.3. The first-order chi connectivity index (χ1) is 12.2. The van der Waals surface area contributed by atoms with Crippen LogP contribution in [-0.2, 0) is 16.6 Å². The third kappa shape index (κ3) is 3.72. The predicted octanol–water partition coefficient (Wildman–Crippen LogP) is 2.68. The zero-order valence-corrected chi connectivity index (χ0v) is 15.2. The number of fused-ring (bicyclic) bond motifs is 1. The van der Waals surface area contributed by atoms with Crippen molar-refractivity contribution < 1.29 is 22.0 Å². The molecule has 2 heterocycles. The van der Waals surface area contributed by atoms with Gasteiger partial charge in [-0.15, -0.1) is 0 Å². The molecule has 0 radical (unpaired) electrons. The molecule has 2 aromatic rings. The van der Waals surface area contributed by atoms with Gasteiger partial charge in [0.25, 0.3) is 15.9 Å². The molecular weight excluding hydrogens is 364 g/mol. The molecule has 0 atom stereocenters. The van der Waals surface area contributed by atoms with Gasteiger partial charge in [-0.1, -0.05) is 13.8 Å². The van der Waals surface area contributed by atoms with E-state index in [1.165, 1.54) is 12.3 Å². The fourth-order valence-corrected chi connectivity index (χ4v) is 4.01. The van der Waals surface area contributed by atoms with Crippen LogP contribution in [0.1, 0.15) is 24.3 Å². The van der Waals surface area contributed by atoms with Crippen LogP contribution < -0.4 is 4.72 Å². The fraction of sp³-hybridized carbons (Fsp3) is 0.353. The molecule has 1 aliphatic rings. The number of amides is 1. The highest BCUT2D eigenvalue weighted by Gasteiger charge is 2.28. The van der Waals surface area contributed by atoms with E-state index in [0.29, 0.717) is 31.6 Å². The van der Waals surface area contributed by atoms with E-state index in [9.17, 15) is 22.0 Å².